The molecular formula is C16H22FNO4. The minimum absolute atomic E-state index is 0.135. The second-order valence-corrected chi connectivity index (χ2v) is 5.30. The largest absolute Gasteiger partial charge is 0.478 e. The molecule has 0 aliphatic rings. The van der Waals surface area contributed by atoms with Crippen LogP contribution >= 0.6 is 0 Å². The first kappa shape index (κ1) is 17.9. The Morgan fingerprint density at radius 1 is 1.32 bits per heavy atom. The van der Waals surface area contributed by atoms with Crippen LogP contribution in [-0.4, -0.2) is 29.6 Å². The first-order chi connectivity index (χ1) is 10.4. The van der Waals surface area contributed by atoms with Gasteiger partial charge in [0.15, 0.2) is 0 Å². The zero-order valence-corrected chi connectivity index (χ0v) is 12.8. The molecule has 1 amide bonds. The van der Waals surface area contributed by atoms with Gasteiger partial charge < -0.3 is 15.2 Å². The van der Waals surface area contributed by atoms with Crippen LogP contribution in [0.4, 0.5) is 4.39 Å². The molecule has 0 aliphatic carbocycles. The molecule has 0 saturated carbocycles. The van der Waals surface area contributed by atoms with E-state index >= 15 is 0 Å². The van der Waals surface area contributed by atoms with Gasteiger partial charge in [-0.15, -0.1) is 0 Å². The number of hydrogen-bond donors (Lipinski definition) is 2. The minimum Gasteiger partial charge on any atom is -0.478 e. The Bertz CT molecular complexity index is 489. The van der Waals surface area contributed by atoms with E-state index in [1.54, 1.807) is 0 Å². The lowest BCUT2D eigenvalue weighted by molar-refractivity contribution is -0.145. The van der Waals surface area contributed by atoms with Crippen molar-refractivity contribution >= 4 is 11.9 Å². The van der Waals surface area contributed by atoms with Crippen LogP contribution in [-0.2, 0) is 9.59 Å². The smallest absolute Gasteiger partial charge is 0.346 e. The predicted octanol–water partition coefficient (Wildman–Crippen LogP) is 2.60. The van der Waals surface area contributed by atoms with E-state index in [0.717, 1.165) is 12.8 Å². The molecule has 1 rings (SSSR count). The SMILES string of the molecule is CCCC(C)CC(=O)NCC(Oc1ccc(F)cc1)C(=O)O. The molecule has 22 heavy (non-hydrogen) atoms. The van der Waals surface area contributed by atoms with E-state index in [0.29, 0.717) is 6.42 Å². The number of amides is 1. The van der Waals surface area contributed by atoms with E-state index in [2.05, 4.69) is 5.32 Å². The summed E-state index contributed by atoms with van der Waals surface area (Å²) in [5.41, 5.74) is 0. The molecule has 5 nitrogen and oxygen atoms in total. The average molecular weight is 311 g/mol. The lowest BCUT2D eigenvalue weighted by Crippen LogP contribution is -2.40. The molecule has 0 aliphatic heterocycles. The summed E-state index contributed by atoms with van der Waals surface area (Å²) in [4.78, 5) is 22.9. The van der Waals surface area contributed by atoms with Crippen molar-refractivity contribution < 1.29 is 23.8 Å². The Kier molecular flexibility index (Phi) is 7.36. The van der Waals surface area contributed by atoms with Crippen molar-refractivity contribution in [3.05, 3.63) is 30.1 Å². The molecule has 2 unspecified atom stereocenters. The molecule has 0 heterocycles. The van der Waals surface area contributed by atoms with E-state index in [-0.39, 0.29) is 24.1 Å². The topological polar surface area (TPSA) is 75.6 Å². The van der Waals surface area contributed by atoms with E-state index in [1.807, 2.05) is 13.8 Å². The highest BCUT2D eigenvalue weighted by Gasteiger charge is 2.20. The summed E-state index contributed by atoms with van der Waals surface area (Å²) >= 11 is 0. The van der Waals surface area contributed by atoms with E-state index in [9.17, 15) is 14.0 Å². The number of rotatable bonds is 9. The third-order valence-corrected chi connectivity index (χ3v) is 3.17. The maximum Gasteiger partial charge on any atom is 0.346 e. The van der Waals surface area contributed by atoms with Gasteiger partial charge in [0.05, 0.1) is 6.54 Å². The number of carbonyl (C=O) groups is 2. The number of aliphatic carboxylic acids is 1. The molecule has 6 heteroatoms. The zero-order valence-electron chi connectivity index (χ0n) is 12.8. The second-order valence-electron chi connectivity index (χ2n) is 5.30. The number of nitrogens with one attached hydrogen (secondary N) is 1. The fourth-order valence-corrected chi connectivity index (χ4v) is 2.05. The molecule has 0 saturated heterocycles. The Hall–Kier alpha value is -2.11. The highest BCUT2D eigenvalue weighted by atomic mass is 19.1. The number of carboxylic acid groups (broad SMARTS) is 1. The fourth-order valence-electron chi connectivity index (χ4n) is 2.05. The first-order valence-electron chi connectivity index (χ1n) is 7.34. The summed E-state index contributed by atoms with van der Waals surface area (Å²) < 4.78 is 18.0. The average Bonchev–Trinajstić information content (AvgIpc) is 2.45. The van der Waals surface area contributed by atoms with Crippen LogP contribution < -0.4 is 10.1 Å². The summed E-state index contributed by atoms with van der Waals surface area (Å²) in [6.07, 6.45) is 1.09. The third-order valence-electron chi connectivity index (χ3n) is 3.17. The van der Waals surface area contributed by atoms with Crippen molar-refractivity contribution in [2.45, 2.75) is 39.2 Å². The third kappa shape index (κ3) is 6.56. The van der Waals surface area contributed by atoms with E-state index in [4.69, 9.17) is 9.84 Å². The van der Waals surface area contributed by atoms with Crippen LogP contribution in [0.5, 0.6) is 5.75 Å². The molecule has 2 N–H and O–H groups in total. The molecule has 1 aromatic rings. The van der Waals surface area contributed by atoms with Gasteiger partial charge in [-0.05, 0) is 30.2 Å². The molecule has 1 aromatic carbocycles. The lowest BCUT2D eigenvalue weighted by Gasteiger charge is -2.16. The molecule has 2 atom stereocenters. The minimum atomic E-state index is -1.21. The van der Waals surface area contributed by atoms with Gasteiger partial charge in [-0.3, -0.25) is 4.79 Å². The molecule has 0 spiro atoms. The van der Waals surface area contributed by atoms with E-state index in [1.165, 1.54) is 24.3 Å². The van der Waals surface area contributed by atoms with Crippen LogP contribution in [0.15, 0.2) is 24.3 Å². The van der Waals surface area contributed by atoms with Crippen molar-refractivity contribution in [2.24, 2.45) is 5.92 Å². The maximum atomic E-state index is 12.8. The van der Waals surface area contributed by atoms with Gasteiger partial charge in [0, 0.05) is 6.42 Å². The molecule has 0 radical (unpaired) electrons. The van der Waals surface area contributed by atoms with Gasteiger partial charge in [-0.25, -0.2) is 9.18 Å². The summed E-state index contributed by atoms with van der Waals surface area (Å²) in [7, 11) is 0. The quantitative estimate of drug-likeness (QED) is 0.735. The van der Waals surface area contributed by atoms with Crippen molar-refractivity contribution in [3.63, 3.8) is 0 Å². The molecule has 122 valence electrons. The van der Waals surface area contributed by atoms with Crippen molar-refractivity contribution in [2.75, 3.05) is 6.54 Å². The van der Waals surface area contributed by atoms with Crippen LogP contribution in [0, 0.1) is 11.7 Å². The van der Waals surface area contributed by atoms with Gasteiger partial charge in [0.1, 0.15) is 11.6 Å². The summed E-state index contributed by atoms with van der Waals surface area (Å²) in [6.45, 7) is 3.89. The van der Waals surface area contributed by atoms with E-state index < -0.39 is 17.9 Å². The normalized spacial score (nSPS) is 13.2. The molecular weight excluding hydrogens is 289 g/mol. The van der Waals surface area contributed by atoms with Gasteiger partial charge in [-0.2, -0.15) is 0 Å². The molecule has 0 bridgehead atoms. The Morgan fingerprint density at radius 3 is 2.50 bits per heavy atom. The number of carbonyl (C=O) groups excluding carboxylic acids is 1. The first-order valence-corrected chi connectivity index (χ1v) is 7.34. The highest BCUT2D eigenvalue weighted by molar-refractivity contribution is 5.78. The van der Waals surface area contributed by atoms with Gasteiger partial charge in [-0.1, -0.05) is 26.7 Å². The monoisotopic (exact) mass is 311 g/mol. The number of benzene rings is 1. The second kappa shape index (κ2) is 9.02. The van der Waals surface area contributed by atoms with Gasteiger partial charge >= 0.3 is 5.97 Å². The van der Waals surface area contributed by atoms with Crippen LogP contribution in [0.3, 0.4) is 0 Å². The number of carboxylic acids is 1. The van der Waals surface area contributed by atoms with Crippen molar-refractivity contribution in [1.29, 1.82) is 0 Å². The fraction of sp³-hybridized carbons (Fsp3) is 0.500. The summed E-state index contributed by atoms with van der Waals surface area (Å²) in [5, 5.41) is 11.7. The zero-order chi connectivity index (χ0) is 16.5. The molecule has 0 aromatic heterocycles. The Labute approximate surface area is 129 Å². The summed E-state index contributed by atoms with van der Waals surface area (Å²) in [5.74, 6) is -1.33. The number of ether oxygens (including phenoxy) is 1. The van der Waals surface area contributed by atoms with Crippen LogP contribution in [0.25, 0.3) is 0 Å². The predicted molar refractivity (Wildman–Crippen MR) is 80.2 cm³/mol. The van der Waals surface area contributed by atoms with Crippen molar-refractivity contribution in [1.82, 2.24) is 5.32 Å². The Balaban J connectivity index is 2.49. The molecule has 0 fully saturated rings. The van der Waals surface area contributed by atoms with Gasteiger partial charge in [0.2, 0.25) is 12.0 Å². The van der Waals surface area contributed by atoms with Crippen LogP contribution in [0.1, 0.15) is 33.1 Å². The maximum absolute atomic E-state index is 12.8. The Morgan fingerprint density at radius 2 is 1.95 bits per heavy atom. The highest BCUT2D eigenvalue weighted by Crippen LogP contribution is 2.13. The standard InChI is InChI=1S/C16H22FNO4/c1-3-4-11(2)9-15(19)18-10-14(16(20)21)22-13-7-5-12(17)6-8-13/h5-8,11,14H,3-4,9-10H2,1-2H3,(H,18,19)(H,20,21). The van der Waals surface area contributed by atoms with Crippen LogP contribution in [0.2, 0.25) is 0 Å². The van der Waals surface area contributed by atoms with Gasteiger partial charge in [0.25, 0.3) is 0 Å². The summed E-state index contributed by atoms with van der Waals surface area (Å²) in [6, 6.07) is 5.05. The number of halogens is 1. The lowest BCUT2D eigenvalue weighted by atomic mass is 10.0. The van der Waals surface area contributed by atoms with Crippen molar-refractivity contribution in [3.8, 4) is 5.75 Å². The number of hydrogen-bond acceptors (Lipinski definition) is 3.